The zero-order chi connectivity index (χ0) is 24.3. The number of hydrogen-bond donors (Lipinski definition) is 2. The number of carboxylic acid groups (broad SMARTS) is 1. The highest BCUT2D eigenvalue weighted by molar-refractivity contribution is 6.15. The van der Waals surface area contributed by atoms with Gasteiger partial charge in [-0.25, -0.2) is 4.79 Å². The number of hydrogen-bond acceptors (Lipinski definition) is 4. The van der Waals surface area contributed by atoms with Gasteiger partial charge in [-0.05, 0) is 37.5 Å². The van der Waals surface area contributed by atoms with Gasteiger partial charge in [0.25, 0.3) is 0 Å². The Morgan fingerprint density at radius 1 is 0.853 bits per heavy atom. The third kappa shape index (κ3) is 6.85. The predicted molar refractivity (Wildman–Crippen MR) is 137 cm³/mol. The van der Waals surface area contributed by atoms with E-state index < -0.39 is 11.8 Å². The van der Waals surface area contributed by atoms with E-state index in [1.807, 2.05) is 6.07 Å². The molecule has 5 nitrogen and oxygen atoms in total. The summed E-state index contributed by atoms with van der Waals surface area (Å²) in [5.74, 6) is -1.72. The lowest BCUT2D eigenvalue weighted by Crippen LogP contribution is -2.37. The average molecular weight is 466 g/mol. The summed E-state index contributed by atoms with van der Waals surface area (Å²) in [7, 11) is 0. The molecule has 34 heavy (non-hydrogen) atoms. The molecule has 0 atom stereocenters. The molecule has 0 bridgehead atoms. The fourth-order valence-electron chi connectivity index (χ4n) is 5.06. The van der Waals surface area contributed by atoms with Crippen LogP contribution < -0.4 is 4.90 Å². The minimum Gasteiger partial charge on any atom is -0.507 e. The second-order valence-corrected chi connectivity index (χ2v) is 9.49. The lowest BCUT2D eigenvalue weighted by molar-refractivity contribution is 0.0692. The molecule has 1 saturated carbocycles. The van der Waals surface area contributed by atoms with Crippen molar-refractivity contribution in [2.24, 2.45) is 0 Å². The normalized spacial score (nSPS) is 14.1. The van der Waals surface area contributed by atoms with Crippen LogP contribution in [0, 0.1) is 0 Å². The van der Waals surface area contributed by atoms with Gasteiger partial charge in [0.1, 0.15) is 5.75 Å². The highest BCUT2D eigenvalue weighted by Gasteiger charge is 2.24. The minimum atomic E-state index is -1.15. The molecule has 2 N–H and O–H groups in total. The van der Waals surface area contributed by atoms with Crippen LogP contribution in [-0.2, 0) is 0 Å². The summed E-state index contributed by atoms with van der Waals surface area (Å²) in [6.07, 6.45) is 14.8. The molecule has 1 aliphatic carbocycles. The molecule has 0 saturated heterocycles. The first-order valence-electron chi connectivity index (χ1n) is 13.0. The number of aromatic hydroxyl groups is 1. The molecule has 184 valence electrons. The monoisotopic (exact) mass is 465 g/mol. The lowest BCUT2D eigenvalue weighted by Gasteiger charge is -2.36. The van der Waals surface area contributed by atoms with E-state index >= 15 is 0 Å². The van der Waals surface area contributed by atoms with Gasteiger partial charge in [0.2, 0.25) is 0 Å². The highest BCUT2D eigenvalue weighted by atomic mass is 16.4. The van der Waals surface area contributed by atoms with Gasteiger partial charge in [0.15, 0.2) is 5.78 Å². The molecule has 2 aromatic rings. The van der Waals surface area contributed by atoms with Gasteiger partial charge >= 0.3 is 5.97 Å². The summed E-state index contributed by atoms with van der Waals surface area (Å²) in [6, 6.07) is 11.8. The van der Waals surface area contributed by atoms with E-state index in [-0.39, 0.29) is 22.4 Å². The molecule has 0 aromatic heterocycles. The molecular weight excluding hydrogens is 426 g/mol. The second kappa shape index (κ2) is 13.2. The van der Waals surface area contributed by atoms with Gasteiger partial charge in [0, 0.05) is 29.9 Å². The fraction of sp³-hybridized carbons (Fsp3) is 0.517. The molecule has 0 radical (unpaired) electrons. The lowest BCUT2D eigenvalue weighted by atomic mass is 9.93. The van der Waals surface area contributed by atoms with E-state index in [9.17, 15) is 19.8 Å². The zero-order valence-corrected chi connectivity index (χ0v) is 20.5. The number of anilines is 1. The van der Waals surface area contributed by atoms with Crippen LogP contribution in [0.5, 0.6) is 5.75 Å². The number of phenols is 1. The largest absolute Gasteiger partial charge is 0.507 e. The van der Waals surface area contributed by atoms with E-state index in [1.54, 1.807) is 24.3 Å². The predicted octanol–water partition coefficient (Wildman–Crippen LogP) is 7.21. The van der Waals surface area contributed by atoms with Crippen LogP contribution in [0.15, 0.2) is 42.5 Å². The maximum atomic E-state index is 13.1. The van der Waals surface area contributed by atoms with Crippen LogP contribution in [0.3, 0.4) is 0 Å². The Morgan fingerprint density at radius 2 is 1.50 bits per heavy atom. The van der Waals surface area contributed by atoms with Gasteiger partial charge in [0.05, 0.1) is 11.1 Å². The number of ketones is 1. The first-order valence-corrected chi connectivity index (χ1v) is 13.0. The first kappa shape index (κ1) is 25.8. The molecule has 0 spiro atoms. The van der Waals surface area contributed by atoms with Crippen molar-refractivity contribution in [3.63, 3.8) is 0 Å². The quantitative estimate of drug-likeness (QED) is 0.241. The molecule has 0 amide bonds. The van der Waals surface area contributed by atoms with Crippen LogP contribution in [-0.4, -0.2) is 34.6 Å². The molecule has 1 fully saturated rings. The van der Waals surface area contributed by atoms with Gasteiger partial charge < -0.3 is 15.1 Å². The fourth-order valence-corrected chi connectivity index (χ4v) is 5.06. The standard InChI is InChI=1S/C29H39NO4/c1-2-3-4-5-6-7-13-20-30(22-14-9-8-10-15-22)23-18-19-26(27(31)21-23)28(32)24-16-11-12-17-25(24)29(33)34/h11-12,16-19,21-22,31H,2-10,13-15,20H2,1H3,(H,33,34). The Morgan fingerprint density at radius 3 is 2.15 bits per heavy atom. The van der Waals surface area contributed by atoms with Crippen molar-refractivity contribution in [2.75, 3.05) is 11.4 Å². The summed E-state index contributed by atoms with van der Waals surface area (Å²) in [5, 5.41) is 20.2. The number of benzene rings is 2. The smallest absolute Gasteiger partial charge is 0.336 e. The number of carbonyl (C=O) groups excluding carboxylic acids is 1. The summed E-state index contributed by atoms with van der Waals surface area (Å²) in [6.45, 7) is 3.19. The Balaban J connectivity index is 1.75. The van der Waals surface area contributed by atoms with Crippen molar-refractivity contribution in [1.82, 2.24) is 0 Å². The van der Waals surface area contributed by atoms with Crippen LogP contribution in [0.2, 0.25) is 0 Å². The third-order valence-electron chi connectivity index (χ3n) is 6.98. The molecule has 0 heterocycles. The van der Waals surface area contributed by atoms with E-state index in [1.165, 1.54) is 69.9 Å². The Labute approximate surface area is 203 Å². The minimum absolute atomic E-state index is 0.0567. The summed E-state index contributed by atoms with van der Waals surface area (Å²) in [4.78, 5) is 27.0. The van der Waals surface area contributed by atoms with Crippen LogP contribution in [0.25, 0.3) is 0 Å². The van der Waals surface area contributed by atoms with Crippen molar-refractivity contribution in [3.8, 4) is 5.75 Å². The summed E-state index contributed by atoms with van der Waals surface area (Å²) >= 11 is 0. The van der Waals surface area contributed by atoms with E-state index in [0.717, 1.165) is 31.5 Å². The Kier molecular flexibility index (Phi) is 9.99. The number of carbonyl (C=O) groups is 2. The second-order valence-electron chi connectivity index (χ2n) is 9.49. The topological polar surface area (TPSA) is 77.8 Å². The molecule has 2 aromatic carbocycles. The molecular formula is C29H39NO4. The first-order chi connectivity index (χ1) is 16.5. The molecule has 0 unspecified atom stereocenters. The van der Waals surface area contributed by atoms with Gasteiger partial charge in [-0.1, -0.05) is 82.9 Å². The van der Waals surface area contributed by atoms with Gasteiger partial charge in [-0.3, -0.25) is 4.79 Å². The average Bonchev–Trinajstić information content (AvgIpc) is 2.86. The highest BCUT2D eigenvalue weighted by Crippen LogP contribution is 2.32. The maximum Gasteiger partial charge on any atom is 0.336 e. The molecule has 0 aliphatic heterocycles. The van der Waals surface area contributed by atoms with Crippen LogP contribution >= 0.6 is 0 Å². The van der Waals surface area contributed by atoms with E-state index in [4.69, 9.17) is 0 Å². The number of nitrogens with zero attached hydrogens (tertiary/aromatic N) is 1. The number of aromatic carboxylic acids is 1. The number of carboxylic acids is 1. The van der Waals surface area contributed by atoms with Gasteiger partial charge in [-0.2, -0.15) is 0 Å². The van der Waals surface area contributed by atoms with Crippen molar-refractivity contribution in [3.05, 3.63) is 59.2 Å². The SMILES string of the molecule is CCCCCCCCCN(c1ccc(C(=O)c2ccccc2C(=O)O)c(O)c1)C1CCCCC1. The number of rotatable bonds is 13. The maximum absolute atomic E-state index is 13.1. The zero-order valence-electron chi connectivity index (χ0n) is 20.5. The third-order valence-corrected chi connectivity index (χ3v) is 6.98. The molecule has 3 rings (SSSR count). The van der Waals surface area contributed by atoms with Crippen LogP contribution in [0.1, 0.15) is 110 Å². The Hall–Kier alpha value is -2.82. The number of phenolic OH excluding ortho intramolecular Hbond substituents is 1. The van der Waals surface area contributed by atoms with Gasteiger partial charge in [-0.15, -0.1) is 0 Å². The van der Waals surface area contributed by atoms with E-state index in [2.05, 4.69) is 11.8 Å². The van der Waals surface area contributed by atoms with Crippen LogP contribution in [0.4, 0.5) is 5.69 Å². The van der Waals surface area contributed by atoms with Crippen molar-refractivity contribution >= 4 is 17.4 Å². The Bertz CT molecular complexity index is 949. The summed E-state index contributed by atoms with van der Waals surface area (Å²) in [5.41, 5.74) is 1.11. The molecule has 5 heteroatoms. The summed E-state index contributed by atoms with van der Waals surface area (Å²) < 4.78 is 0. The van der Waals surface area contributed by atoms with Crippen molar-refractivity contribution in [2.45, 2.75) is 90.0 Å². The van der Waals surface area contributed by atoms with Crippen molar-refractivity contribution in [1.29, 1.82) is 0 Å². The van der Waals surface area contributed by atoms with Crippen molar-refractivity contribution < 1.29 is 19.8 Å². The van der Waals surface area contributed by atoms with E-state index in [0.29, 0.717) is 6.04 Å². The molecule has 1 aliphatic rings. The number of unbranched alkanes of at least 4 members (excludes halogenated alkanes) is 6.